The molecule has 0 aliphatic heterocycles. The Hall–Kier alpha value is -1.34. The molecule has 0 saturated heterocycles. The molecule has 0 fully saturated rings. The largest absolute Gasteiger partial charge is 0.467 e. The highest BCUT2D eigenvalue weighted by atomic mass is 16.6. The van der Waals surface area contributed by atoms with Gasteiger partial charge in [-0.2, -0.15) is 0 Å². The Morgan fingerprint density at radius 3 is 2.20 bits per heavy atom. The molecule has 7 nitrogen and oxygen atoms in total. The van der Waals surface area contributed by atoms with E-state index in [1.165, 1.54) is 12.0 Å². The van der Waals surface area contributed by atoms with Gasteiger partial charge in [-0.3, -0.25) is 0 Å². The van der Waals surface area contributed by atoms with Crippen molar-refractivity contribution in [3.63, 3.8) is 0 Å². The van der Waals surface area contributed by atoms with E-state index in [0.29, 0.717) is 26.4 Å². The number of carbonyl (C=O) groups excluding carboxylic acids is 2. The molecular formula is C13H25NO6. The van der Waals surface area contributed by atoms with Crippen LogP contribution in [0.2, 0.25) is 0 Å². The van der Waals surface area contributed by atoms with E-state index in [-0.39, 0.29) is 12.7 Å². The summed E-state index contributed by atoms with van der Waals surface area (Å²) < 4.78 is 19.9. The second-order valence-electron chi connectivity index (χ2n) is 5.14. The van der Waals surface area contributed by atoms with Crippen molar-refractivity contribution in [2.45, 2.75) is 26.4 Å². The molecule has 0 saturated carbocycles. The average Bonchev–Trinajstić information content (AvgIpc) is 2.34. The molecule has 0 aliphatic carbocycles. The van der Waals surface area contributed by atoms with Crippen molar-refractivity contribution in [2.75, 3.05) is 47.1 Å². The van der Waals surface area contributed by atoms with Crippen LogP contribution in [-0.4, -0.2) is 69.7 Å². The van der Waals surface area contributed by atoms with Gasteiger partial charge in [-0.15, -0.1) is 0 Å². The zero-order chi connectivity index (χ0) is 15.6. The van der Waals surface area contributed by atoms with Crippen LogP contribution in [0.5, 0.6) is 0 Å². The number of hydrogen-bond donors (Lipinski definition) is 0. The summed E-state index contributed by atoms with van der Waals surface area (Å²) in [5.74, 6) is -0.422. The zero-order valence-electron chi connectivity index (χ0n) is 12.9. The van der Waals surface area contributed by atoms with Crippen LogP contribution < -0.4 is 0 Å². The fraction of sp³-hybridized carbons (Fsp3) is 0.846. The Kier molecular flexibility index (Phi) is 8.91. The Balaban J connectivity index is 3.55. The molecule has 0 bridgehead atoms. The summed E-state index contributed by atoms with van der Waals surface area (Å²) in [6, 6.07) is 0. The van der Waals surface area contributed by atoms with E-state index in [4.69, 9.17) is 14.2 Å². The molecule has 0 aromatic heterocycles. The van der Waals surface area contributed by atoms with Crippen LogP contribution >= 0.6 is 0 Å². The first-order valence-corrected chi connectivity index (χ1v) is 6.42. The third-order valence-corrected chi connectivity index (χ3v) is 2.10. The van der Waals surface area contributed by atoms with Gasteiger partial charge in [0.2, 0.25) is 0 Å². The van der Waals surface area contributed by atoms with Crippen LogP contribution in [-0.2, 0) is 23.7 Å². The summed E-state index contributed by atoms with van der Waals surface area (Å²) in [6.45, 7) is 6.79. The standard InChI is InChI=1S/C13H25NO6/c1-13(2,3)20-12(16)14(4)6-7-18-8-9-19-10-11(15)17-5/h6-10H2,1-5H3. The molecule has 0 radical (unpaired) electrons. The Morgan fingerprint density at radius 2 is 1.65 bits per heavy atom. The number of rotatable bonds is 8. The third kappa shape index (κ3) is 10.6. The minimum atomic E-state index is -0.506. The van der Waals surface area contributed by atoms with E-state index >= 15 is 0 Å². The van der Waals surface area contributed by atoms with Gasteiger partial charge in [-0.1, -0.05) is 0 Å². The van der Waals surface area contributed by atoms with Crippen LogP contribution in [0.4, 0.5) is 4.79 Å². The van der Waals surface area contributed by atoms with Gasteiger partial charge < -0.3 is 23.8 Å². The fourth-order valence-corrected chi connectivity index (χ4v) is 1.07. The molecule has 0 rings (SSSR count). The van der Waals surface area contributed by atoms with Gasteiger partial charge in [-0.25, -0.2) is 9.59 Å². The maximum Gasteiger partial charge on any atom is 0.410 e. The molecule has 0 atom stereocenters. The van der Waals surface area contributed by atoms with Gasteiger partial charge in [0, 0.05) is 13.6 Å². The first-order chi connectivity index (χ1) is 9.26. The molecule has 7 heteroatoms. The molecule has 1 amide bonds. The maximum atomic E-state index is 11.6. The highest BCUT2D eigenvalue weighted by molar-refractivity contribution is 5.70. The summed E-state index contributed by atoms with van der Waals surface area (Å²) >= 11 is 0. The Bertz CT molecular complexity index is 300. The number of amides is 1. The highest BCUT2D eigenvalue weighted by Gasteiger charge is 2.19. The quantitative estimate of drug-likeness (QED) is 0.492. The van der Waals surface area contributed by atoms with Gasteiger partial charge in [0.05, 0.1) is 26.9 Å². The Morgan fingerprint density at radius 1 is 1.05 bits per heavy atom. The lowest BCUT2D eigenvalue weighted by Gasteiger charge is -2.24. The van der Waals surface area contributed by atoms with Crippen molar-refractivity contribution < 1.29 is 28.5 Å². The van der Waals surface area contributed by atoms with Crippen LogP contribution in [0.25, 0.3) is 0 Å². The minimum Gasteiger partial charge on any atom is -0.467 e. The van der Waals surface area contributed by atoms with Gasteiger partial charge >= 0.3 is 12.1 Å². The predicted molar refractivity (Wildman–Crippen MR) is 72.5 cm³/mol. The van der Waals surface area contributed by atoms with E-state index in [0.717, 1.165) is 0 Å². The van der Waals surface area contributed by atoms with Crippen molar-refractivity contribution in [1.82, 2.24) is 4.90 Å². The van der Waals surface area contributed by atoms with Crippen LogP contribution in [0.15, 0.2) is 0 Å². The second kappa shape index (κ2) is 9.55. The number of hydrogen-bond acceptors (Lipinski definition) is 6. The molecule has 118 valence electrons. The normalized spacial score (nSPS) is 11.1. The average molecular weight is 291 g/mol. The molecule has 0 aromatic rings. The maximum absolute atomic E-state index is 11.6. The molecule has 0 aromatic carbocycles. The monoisotopic (exact) mass is 291 g/mol. The summed E-state index contributed by atoms with van der Waals surface area (Å²) in [5.41, 5.74) is -0.506. The van der Waals surface area contributed by atoms with Crippen molar-refractivity contribution in [3.05, 3.63) is 0 Å². The first kappa shape index (κ1) is 18.7. The van der Waals surface area contributed by atoms with Crippen LogP contribution in [0, 0.1) is 0 Å². The lowest BCUT2D eigenvalue weighted by Crippen LogP contribution is -2.36. The van der Waals surface area contributed by atoms with E-state index in [1.54, 1.807) is 7.05 Å². The minimum absolute atomic E-state index is 0.0856. The van der Waals surface area contributed by atoms with Crippen molar-refractivity contribution in [1.29, 1.82) is 0 Å². The summed E-state index contributed by atoms with van der Waals surface area (Å²) in [5, 5.41) is 0. The number of likely N-dealkylation sites (N-methyl/N-ethyl adjacent to an activating group) is 1. The highest BCUT2D eigenvalue weighted by Crippen LogP contribution is 2.08. The fourth-order valence-electron chi connectivity index (χ4n) is 1.07. The van der Waals surface area contributed by atoms with E-state index in [9.17, 15) is 9.59 Å². The molecule has 0 N–H and O–H groups in total. The molecule has 20 heavy (non-hydrogen) atoms. The summed E-state index contributed by atoms with van der Waals surface area (Å²) in [7, 11) is 2.94. The second-order valence-corrected chi connectivity index (χ2v) is 5.14. The SMILES string of the molecule is COC(=O)COCCOCCN(C)C(=O)OC(C)(C)C. The van der Waals surface area contributed by atoms with Crippen molar-refractivity contribution >= 4 is 12.1 Å². The topological polar surface area (TPSA) is 74.3 Å². The van der Waals surface area contributed by atoms with E-state index in [2.05, 4.69) is 4.74 Å². The smallest absolute Gasteiger partial charge is 0.410 e. The Labute approximate surface area is 120 Å². The van der Waals surface area contributed by atoms with Gasteiger partial charge in [0.15, 0.2) is 0 Å². The molecule has 0 spiro atoms. The summed E-state index contributed by atoms with van der Waals surface area (Å²) in [6.07, 6.45) is -0.386. The van der Waals surface area contributed by atoms with Gasteiger partial charge in [-0.05, 0) is 20.8 Å². The van der Waals surface area contributed by atoms with E-state index < -0.39 is 11.6 Å². The number of methoxy groups -OCH3 is 1. The number of ether oxygens (including phenoxy) is 4. The van der Waals surface area contributed by atoms with Crippen molar-refractivity contribution in [3.8, 4) is 0 Å². The molecule has 0 heterocycles. The van der Waals surface area contributed by atoms with Gasteiger partial charge in [0.25, 0.3) is 0 Å². The lowest BCUT2D eigenvalue weighted by atomic mass is 10.2. The number of carbonyl (C=O) groups is 2. The van der Waals surface area contributed by atoms with Gasteiger partial charge in [0.1, 0.15) is 12.2 Å². The summed E-state index contributed by atoms with van der Waals surface area (Å²) in [4.78, 5) is 23.8. The molecular weight excluding hydrogens is 266 g/mol. The van der Waals surface area contributed by atoms with E-state index in [1.807, 2.05) is 20.8 Å². The number of nitrogens with zero attached hydrogens (tertiary/aromatic N) is 1. The molecule has 0 aliphatic rings. The molecule has 0 unspecified atom stereocenters. The predicted octanol–water partition coefficient (Wildman–Crippen LogP) is 1.06. The zero-order valence-corrected chi connectivity index (χ0v) is 12.9. The third-order valence-electron chi connectivity index (χ3n) is 2.10. The first-order valence-electron chi connectivity index (χ1n) is 6.42. The number of esters is 1. The van der Waals surface area contributed by atoms with Crippen LogP contribution in [0.1, 0.15) is 20.8 Å². The van der Waals surface area contributed by atoms with Crippen molar-refractivity contribution in [2.24, 2.45) is 0 Å². The lowest BCUT2D eigenvalue weighted by molar-refractivity contribution is -0.146. The van der Waals surface area contributed by atoms with Crippen LogP contribution in [0.3, 0.4) is 0 Å².